The minimum atomic E-state index is -0.326. The van der Waals surface area contributed by atoms with E-state index in [2.05, 4.69) is 200 Å². The molecule has 0 saturated heterocycles. The third-order valence-electron chi connectivity index (χ3n) is 15.6. The van der Waals surface area contributed by atoms with Gasteiger partial charge < -0.3 is 5.32 Å². The molecule has 2 heteroatoms. The Hall–Kier alpha value is -6.77. The quantitative estimate of drug-likeness (QED) is 0.188. The lowest BCUT2D eigenvalue weighted by Gasteiger charge is -2.40. The molecule has 1 aliphatic heterocycles. The molecule has 6 aliphatic rings. The van der Waals surface area contributed by atoms with Gasteiger partial charge in [0.1, 0.15) is 0 Å². The van der Waals surface area contributed by atoms with E-state index < -0.39 is 0 Å². The number of aliphatic imine (C=N–C) groups is 1. The predicted octanol–water partition coefficient (Wildman–Crippen LogP) is 14.3. The summed E-state index contributed by atoms with van der Waals surface area (Å²) in [4.78, 5) is 5.80. The standard InChI is InChI=1S/C60H48N2/c1-59-49-28-13-12-26-46(49)47-36-53-48(37-52(47)59)54-45(27-17-29-50(54)60(53)32-14-5-15-33-60)42-25-16-24-41(34-42)44-31-30-43(35-51(44)59)58-57(40-22-10-4-11-23-40)61-55(38-18-6-2-7-19-38)56(62-58)39-20-8-3-9-21-39/h2-4,6-13,16-31,34-37,47,52,55,61H,5,14-15,32-33H2,1H3. The van der Waals surface area contributed by atoms with Crippen molar-refractivity contribution in [2.75, 3.05) is 0 Å². The first-order valence-corrected chi connectivity index (χ1v) is 22.8. The second kappa shape index (κ2) is 13.6. The Balaban J connectivity index is 1.09. The van der Waals surface area contributed by atoms with Crippen LogP contribution in [0.5, 0.6) is 0 Å². The van der Waals surface area contributed by atoms with Crippen LogP contribution in [0.3, 0.4) is 0 Å². The summed E-state index contributed by atoms with van der Waals surface area (Å²) in [5, 5.41) is 4.09. The Bertz CT molecular complexity index is 3090. The topological polar surface area (TPSA) is 24.4 Å². The van der Waals surface area contributed by atoms with Gasteiger partial charge in [0.15, 0.2) is 0 Å². The molecule has 5 aliphatic carbocycles. The number of allylic oxidation sites excluding steroid dienone is 4. The van der Waals surface area contributed by atoms with Gasteiger partial charge in [0.05, 0.1) is 23.1 Å². The number of rotatable bonds is 4. The molecule has 4 bridgehead atoms. The highest BCUT2D eigenvalue weighted by Gasteiger charge is 2.55. The van der Waals surface area contributed by atoms with Crippen LogP contribution in [-0.2, 0) is 10.8 Å². The van der Waals surface area contributed by atoms with E-state index in [4.69, 9.17) is 4.99 Å². The summed E-state index contributed by atoms with van der Waals surface area (Å²) in [7, 11) is 0. The van der Waals surface area contributed by atoms with Gasteiger partial charge in [-0.15, -0.1) is 0 Å². The molecule has 0 amide bonds. The predicted molar refractivity (Wildman–Crippen MR) is 256 cm³/mol. The minimum absolute atomic E-state index is 0.0848. The van der Waals surface area contributed by atoms with Crippen LogP contribution in [0.15, 0.2) is 199 Å². The molecule has 4 unspecified atom stereocenters. The van der Waals surface area contributed by atoms with Crippen LogP contribution >= 0.6 is 0 Å². The molecule has 13 rings (SSSR count). The first-order valence-electron chi connectivity index (χ1n) is 22.8. The van der Waals surface area contributed by atoms with Crippen LogP contribution in [0.1, 0.15) is 101 Å². The van der Waals surface area contributed by atoms with Crippen molar-refractivity contribution in [3.63, 3.8) is 0 Å². The van der Waals surface area contributed by atoms with E-state index in [1.54, 1.807) is 11.1 Å². The van der Waals surface area contributed by atoms with Crippen LogP contribution < -0.4 is 5.32 Å². The maximum Gasteiger partial charge on any atom is 0.0947 e. The third-order valence-corrected chi connectivity index (χ3v) is 15.6. The largest absolute Gasteiger partial charge is 0.370 e. The van der Waals surface area contributed by atoms with E-state index in [-0.39, 0.29) is 28.7 Å². The van der Waals surface area contributed by atoms with Crippen molar-refractivity contribution in [2.45, 2.75) is 61.8 Å². The van der Waals surface area contributed by atoms with Gasteiger partial charge in [-0.25, -0.2) is 4.99 Å². The molecule has 4 atom stereocenters. The smallest absolute Gasteiger partial charge is 0.0947 e. The van der Waals surface area contributed by atoms with E-state index in [0.717, 1.165) is 33.8 Å². The number of hydrogen-bond donors (Lipinski definition) is 1. The van der Waals surface area contributed by atoms with Crippen molar-refractivity contribution < 1.29 is 0 Å². The molecule has 1 N–H and O–H groups in total. The van der Waals surface area contributed by atoms with Crippen LogP contribution in [0.2, 0.25) is 0 Å². The van der Waals surface area contributed by atoms with Gasteiger partial charge in [0.25, 0.3) is 0 Å². The van der Waals surface area contributed by atoms with Crippen LogP contribution in [0.4, 0.5) is 0 Å². The average Bonchev–Trinajstić information content (AvgIpc) is 3.75. The van der Waals surface area contributed by atoms with Crippen molar-refractivity contribution in [2.24, 2.45) is 10.9 Å². The molecular weight excluding hydrogens is 749 g/mol. The number of benzene rings is 7. The van der Waals surface area contributed by atoms with Crippen molar-refractivity contribution in [3.8, 4) is 22.3 Å². The molecule has 7 aromatic rings. The lowest BCUT2D eigenvalue weighted by Crippen LogP contribution is -2.34. The number of nitrogens with one attached hydrogen (secondary N) is 1. The lowest BCUT2D eigenvalue weighted by atomic mass is 9.62. The third kappa shape index (κ3) is 5.07. The molecule has 1 spiro atoms. The minimum Gasteiger partial charge on any atom is -0.370 e. The molecule has 2 nitrogen and oxygen atoms in total. The Kier molecular flexibility index (Phi) is 7.89. The van der Waals surface area contributed by atoms with E-state index in [0.29, 0.717) is 0 Å². The average molecular weight is 797 g/mol. The molecule has 0 radical (unpaired) electrons. The summed E-state index contributed by atoms with van der Waals surface area (Å²) in [6.07, 6.45) is 11.9. The van der Waals surface area contributed by atoms with Crippen molar-refractivity contribution in [1.29, 1.82) is 0 Å². The summed E-state index contributed by atoms with van der Waals surface area (Å²) in [5.74, 6) is 0.526. The summed E-state index contributed by atoms with van der Waals surface area (Å²) in [6, 6.07) is 65.6. The first kappa shape index (κ1) is 35.9. The fourth-order valence-electron chi connectivity index (χ4n) is 12.8. The Labute approximate surface area is 365 Å². The second-order valence-corrected chi connectivity index (χ2v) is 18.7. The van der Waals surface area contributed by atoms with E-state index in [9.17, 15) is 0 Å². The Morgan fingerprint density at radius 2 is 1.19 bits per heavy atom. The molecule has 0 aromatic heterocycles. The van der Waals surface area contributed by atoms with Gasteiger partial charge in [-0.3, -0.25) is 0 Å². The van der Waals surface area contributed by atoms with Gasteiger partial charge in [0.2, 0.25) is 0 Å². The highest BCUT2D eigenvalue weighted by Crippen LogP contribution is 2.66. The number of nitrogens with zero attached hydrogens (tertiary/aromatic N) is 1. The SMILES string of the molecule is CC12c3cc(C4=C(c5ccccc5)NC(c5ccccc5)C(c5ccccc5)=N4)ccc3-c3cccc(c3)-c3cccc4c3C3=CC1C(C=C3C41CCCCC1)c1ccccc12. The molecule has 1 heterocycles. The van der Waals surface area contributed by atoms with Crippen LogP contribution in [0, 0.1) is 5.92 Å². The fourth-order valence-corrected chi connectivity index (χ4v) is 12.8. The Morgan fingerprint density at radius 1 is 0.532 bits per heavy atom. The van der Waals surface area contributed by atoms with Gasteiger partial charge in [-0.05, 0) is 103 Å². The van der Waals surface area contributed by atoms with E-state index in [1.165, 1.54) is 87.7 Å². The molecule has 298 valence electrons. The van der Waals surface area contributed by atoms with Gasteiger partial charge in [0, 0.05) is 28.2 Å². The molecule has 7 aromatic carbocycles. The van der Waals surface area contributed by atoms with Gasteiger partial charge in [-0.2, -0.15) is 0 Å². The maximum atomic E-state index is 5.80. The van der Waals surface area contributed by atoms with Crippen molar-refractivity contribution >= 4 is 22.7 Å². The summed E-state index contributed by atoms with van der Waals surface area (Å²) < 4.78 is 0. The molecule has 1 saturated carbocycles. The Morgan fingerprint density at radius 3 is 1.98 bits per heavy atom. The second-order valence-electron chi connectivity index (χ2n) is 18.7. The number of fused-ring (bicyclic) bond motifs is 11. The van der Waals surface area contributed by atoms with Crippen molar-refractivity contribution in [1.82, 2.24) is 5.32 Å². The summed E-state index contributed by atoms with van der Waals surface area (Å²) in [6.45, 7) is 2.56. The highest BCUT2D eigenvalue weighted by molar-refractivity contribution is 6.12. The van der Waals surface area contributed by atoms with Crippen LogP contribution in [-0.4, -0.2) is 5.71 Å². The normalized spacial score (nSPS) is 23.3. The molecule has 1 fully saturated rings. The molecular formula is C60H48N2. The maximum absolute atomic E-state index is 5.80. The lowest BCUT2D eigenvalue weighted by molar-refractivity contribution is 0.347. The molecule has 62 heavy (non-hydrogen) atoms. The van der Waals surface area contributed by atoms with Gasteiger partial charge in [-0.1, -0.05) is 202 Å². The number of hydrogen-bond acceptors (Lipinski definition) is 2. The highest BCUT2D eigenvalue weighted by atomic mass is 15.0. The van der Waals surface area contributed by atoms with E-state index >= 15 is 0 Å². The van der Waals surface area contributed by atoms with Crippen LogP contribution in [0.25, 0.3) is 39.2 Å². The summed E-state index contributed by atoms with van der Waals surface area (Å²) >= 11 is 0. The monoisotopic (exact) mass is 796 g/mol. The van der Waals surface area contributed by atoms with Crippen molar-refractivity contribution in [3.05, 3.63) is 244 Å². The zero-order valence-corrected chi connectivity index (χ0v) is 35.1. The summed E-state index contributed by atoms with van der Waals surface area (Å²) in [5.41, 5.74) is 23.0. The van der Waals surface area contributed by atoms with Gasteiger partial charge >= 0.3 is 0 Å². The zero-order valence-electron chi connectivity index (χ0n) is 35.1. The van der Waals surface area contributed by atoms with E-state index in [1.807, 2.05) is 0 Å². The fraction of sp³-hybridized carbons (Fsp3) is 0.183. The first-order chi connectivity index (χ1) is 30.6. The zero-order chi connectivity index (χ0) is 41.0.